The monoisotopic (exact) mass is 313 g/mol. The average Bonchev–Trinajstić information content (AvgIpc) is 2.82. The molecule has 0 saturated carbocycles. The van der Waals surface area contributed by atoms with E-state index in [4.69, 9.17) is 0 Å². The van der Waals surface area contributed by atoms with Crippen LogP contribution in [0.2, 0.25) is 0 Å². The highest BCUT2D eigenvalue weighted by Gasteiger charge is 2.17. The van der Waals surface area contributed by atoms with Crippen LogP contribution in [0.1, 0.15) is 9.88 Å². The number of thiazole rings is 1. The van der Waals surface area contributed by atoms with Crippen LogP contribution in [-0.4, -0.2) is 18.3 Å². The van der Waals surface area contributed by atoms with Crippen LogP contribution in [0, 0.1) is 17.0 Å². The van der Waals surface area contributed by atoms with E-state index in [0.717, 1.165) is 10.9 Å². The van der Waals surface area contributed by atoms with Crippen molar-refractivity contribution >= 4 is 27.0 Å². The number of non-ortho nitro benzene ring substituents is 1. The molecule has 0 unspecified atom stereocenters. The molecule has 7 nitrogen and oxygen atoms in total. The lowest BCUT2D eigenvalue weighted by Crippen LogP contribution is -2.23. The standard InChI is InChI=1S/C11H11N3O4S2/c1-8-6-12-11(19-8)7-13-20(17,18)10-4-2-3-9(5-10)14(15)16/h2-6,13H,7H2,1H3. The van der Waals surface area contributed by atoms with E-state index in [9.17, 15) is 18.5 Å². The zero-order valence-electron chi connectivity index (χ0n) is 10.4. The van der Waals surface area contributed by atoms with Gasteiger partial charge in [-0.2, -0.15) is 0 Å². The molecule has 0 bridgehead atoms. The minimum Gasteiger partial charge on any atom is -0.258 e. The van der Waals surface area contributed by atoms with Crippen molar-refractivity contribution in [3.8, 4) is 0 Å². The molecule has 2 rings (SSSR count). The van der Waals surface area contributed by atoms with Gasteiger partial charge in [0.05, 0.1) is 16.4 Å². The van der Waals surface area contributed by atoms with Crippen LogP contribution >= 0.6 is 11.3 Å². The molecule has 0 radical (unpaired) electrons. The number of rotatable bonds is 5. The number of aromatic nitrogens is 1. The normalized spacial score (nSPS) is 11.4. The van der Waals surface area contributed by atoms with Gasteiger partial charge in [-0.05, 0) is 13.0 Å². The fourth-order valence-corrected chi connectivity index (χ4v) is 3.33. The van der Waals surface area contributed by atoms with Crippen molar-refractivity contribution in [3.05, 3.63) is 50.5 Å². The highest BCUT2D eigenvalue weighted by molar-refractivity contribution is 7.89. The topological polar surface area (TPSA) is 102 Å². The molecule has 1 N–H and O–H groups in total. The van der Waals surface area contributed by atoms with Crippen LogP contribution in [0.3, 0.4) is 0 Å². The van der Waals surface area contributed by atoms with E-state index >= 15 is 0 Å². The van der Waals surface area contributed by atoms with Gasteiger partial charge in [0.1, 0.15) is 5.01 Å². The zero-order valence-corrected chi connectivity index (χ0v) is 12.1. The van der Waals surface area contributed by atoms with Crippen molar-refractivity contribution in [2.75, 3.05) is 0 Å². The Morgan fingerprint density at radius 1 is 1.45 bits per heavy atom. The molecule has 0 aliphatic heterocycles. The molecule has 1 aromatic heterocycles. The molecule has 106 valence electrons. The van der Waals surface area contributed by atoms with Crippen LogP contribution in [0.15, 0.2) is 35.4 Å². The van der Waals surface area contributed by atoms with E-state index in [0.29, 0.717) is 5.01 Å². The molecule has 0 aliphatic rings. The molecule has 0 aliphatic carbocycles. The van der Waals surface area contributed by atoms with Gasteiger partial charge < -0.3 is 0 Å². The summed E-state index contributed by atoms with van der Waals surface area (Å²) in [6.45, 7) is 1.93. The minimum atomic E-state index is -3.79. The number of nitro groups is 1. The lowest BCUT2D eigenvalue weighted by atomic mass is 10.3. The van der Waals surface area contributed by atoms with E-state index in [1.165, 1.54) is 29.5 Å². The molecule has 0 amide bonds. The van der Waals surface area contributed by atoms with Gasteiger partial charge >= 0.3 is 0 Å². The molecule has 1 heterocycles. The second-order valence-corrected chi connectivity index (χ2v) is 7.03. The van der Waals surface area contributed by atoms with E-state index in [1.54, 1.807) is 6.20 Å². The number of aryl methyl sites for hydroxylation is 1. The second-order valence-electron chi connectivity index (χ2n) is 3.94. The lowest BCUT2D eigenvalue weighted by molar-refractivity contribution is -0.385. The molecule has 0 fully saturated rings. The largest absolute Gasteiger partial charge is 0.270 e. The number of nitrogens with one attached hydrogen (secondary N) is 1. The van der Waals surface area contributed by atoms with Crippen LogP contribution in [0.4, 0.5) is 5.69 Å². The van der Waals surface area contributed by atoms with Crippen molar-refractivity contribution < 1.29 is 13.3 Å². The molecule has 9 heteroatoms. The van der Waals surface area contributed by atoms with Gasteiger partial charge in [-0.3, -0.25) is 10.1 Å². The van der Waals surface area contributed by atoms with Crippen LogP contribution < -0.4 is 4.72 Å². The van der Waals surface area contributed by atoms with Crippen molar-refractivity contribution in [2.45, 2.75) is 18.4 Å². The summed E-state index contributed by atoms with van der Waals surface area (Å²) in [7, 11) is -3.79. The van der Waals surface area contributed by atoms with Crippen molar-refractivity contribution in [3.63, 3.8) is 0 Å². The summed E-state index contributed by atoms with van der Waals surface area (Å²) in [5.41, 5.74) is -0.266. The fourth-order valence-electron chi connectivity index (χ4n) is 1.49. The van der Waals surface area contributed by atoms with Crippen molar-refractivity contribution in [1.82, 2.24) is 9.71 Å². The number of hydrogen-bond donors (Lipinski definition) is 1. The third-order valence-electron chi connectivity index (χ3n) is 2.42. The SMILES string of the molecule is Cc1cnc(CNS(=O)(=O)c2cccc([N+](=O)[O-])c2)s1. The third-order valence-corrected chi connectivity index (χ3v) is 4.73. The molecule has 1 aromatic carbocycles. The molecular formula is C11H11N3O4S2. The van der Waals surface area contributed by atoms with Crippen LogP contribution in [-0.2, 0) is 16.6 Å². The Morgan fingerprint density at radius 3 is 2.80 bits per heavy atom. The van der Waals surface area contributed by atoms with Gasteiger partial charge in [0.2, 0.25) is 10.0 Å². The maximum absolute atomic E-state index is 12.0. The summed E-state index contributed by atoms with van der Waals surface area (Å²) >= 11 is 1.39. The Morgan fingerprint density at radius 2 is 2.20 bits per heavy atom. The van der Waals surface area contributed by atoms with E-state index in [-0.39, 0.29) is 17.1 Å². The summed E-state index contributed by atoms with van der Waals surface area (Å²) in [4.78, 5) is 14.9. The maximum Gasteiger partial charge on any atom is 0.270 e. The molecular weight excluding hydrogens is 302 g/mol. The smallest absolute Gasteiger partial charge is 0.258 e. The molecule has 20 heavy (non-hydrogen) atoms. The Balaban J connectivity index is 2.17. The Labute approximate surface area is 119 Å². The van der Waals surface area contributed by atoms with E-state index in [1.807, 2.05) is 6.92 Å². The fraction of sp³-hybridized carbons (Fsp3) is 0.182. The molecule has 0 spiro atoms. The first kappa shape index (κ1) is 14.6. The van der Waals surface area contributed by atoms with Gasteiger partial charge in [-0.25, -0.2) is 18.1 Å². The number of nitro benzene ring substituents is 1. The van der Waals surface area contributed by atoms with Gasteiger partial charge in [-0.15, -0.1) is 11.3 Å². The number of benzene rings is 1. The molecule has 2 aromatic rings. The average molecular weight is 313 g/mol. The summed E-state index contributed by atoms with van der Waals surface area (Å²) in [5, 5.41) is 11.3. The van der Waals surface area contributed by atoms with Gasteiger partial charge in [0.15, 0.2) is 0 Å². The van der Waals surface area contributed by atoms with E-state index < -0.39 is 14.9 Å². The summed E-state index contributed by atoms with van der Waals surface area (Å²) < 4.78 is 26.4. The predicted octanol–water partition coefficient (Wildman–Crippen LogP) is 1.84. The first-order valence-electron chi connectivity index (χ1n) is 5.54. The number of nitrogens with zero attached hydrogens (tertiary/aromatic N) is 2. The Hall–Kier alpha value is -1.84. The first-order chi connectivity index (χ1) is 9.38. The third kappa shape index (κ3) is 3.38. The van der Waals surface area contributed by atoms with Gasteiger partial charge in [0, 0.05) is 23.2 Å². The maximum atomic E-state index is 12.0. The van der Waals surface area contributed by atoms with Crippen LogP contribution in [0.5, 0.6) is 0 Å². The van der Waals surface area contributed by atoms with Gasteiger partial charge in [0.25, 0.3) is 5.69 Å². The van der Waals surface area contributed by atoms with E-state index in [2.05, 4.69) is 9.71 Å². The molecule has 0 atom stereocenters. The Bertz CT molecular complexity index is 740. The predicted molar refractivity (Wildman–Crippen MR) is 74.0 cm³/mol. The molecule has 0 saturated heterocycles. The summed E-state index contributed by atoms with van der Waals surface area (Å²) in [6.07, 6.45) is 1.65. The quantitative estimate of drug-likeness (QED) is 0.670. The van der Waals surface area contributed by atoms with Gasteiger partial charge in [-0.1, -0.05) is 6.07 Å². The second kappa shape index (κ2) is 5.65. The zero-order chi connectivity index (χ0) is 14.8. The first-order valence-corrected chi connectivity index (χ1v) is 7.84. The van der Waals surface area contributed by atoms with Crippen molar-refractivity contribution in [1.29, 1.82) is 0 Å². The summed E-state index contributed by atoms with van der Waals surface area (Å²) in [5.74, 6) is 0. The van der Waals surface area contributed by atoms with Crippen LogP contribution in [0.25, 0.3) is 0 Å². The lowest BCUT2D eigenvalue weighted by Gasteiger charge is -2.04. The minimum absolute atomic E-state index is 0.0591. The highest BCUT2D eigenvalue weighted by atomic mass is 32.2. The Kier molecular flexibility index (Phi) is 4.12. The number of hydrogen-bond acceptors (Lipinski definition) is 6. The highest BCUT2D eigenvalue weighted by Crippen LogP contribution is 2.18. The summed E-state index contributed by atoms with van der Waals surface area (Å²) in [6, 6.07) is 4.90. The number of sulfonamides is 1. The van der Waals surface area contributed by atoms with Crippen molar-refractivity contribution in [2.24, 2.45) is 0 Å².